The number of hydrogen-bond donors (Lipinski definition) is 0. The lowest BCUT2D eigenvalue weighted by Crippen LogP contribution is -2.39. The fourth-order valence-corrected chi connectivity index (χ4v) is 7.81. The number of hydrogen-bond acceptors (Lipinski definition) is 10. The molecule has 0 saturated carbocycles. The number of ether oxygens (including phenoxy) is 5. The van der Waals surface area contributed by atoms with Gasteiger partial charge in [0.15, 0.2) is 30.5 Å². The monoisotopic (exact) mass is 1130 g/mol. The Balaban J connectivity index is 4.92. The zero-order valence-electron chi connectivity index (χ0n) is 43.4. The Hall–Kier alpha value is -4.48. The number of alkyl halides is 15. The molecule has 0 N–H and O–H groups in total. The molecule has 0 spiro atoms. The quantitative estimate of drug-likeness (QED) is 0.0280. The van der Waals surface area contributed by atoms with E-state index in [9.17, 15) is 89.8 Å². The molecule has 1 aromatic carbocycles. The van der Waals surface area contributed by atoms with E-state index in [1.807, 2.05) is 0 Å². The van der Waals surface area contributed by atoms with Crippen LogP contribution < -0.4 is 0 Å². The van der Waals surface area contributed by atoms with Gasteiger partial charge in [0, 0.05) is 0 Å². The van der Waals surface area contributed by atoms with Crippen molar-refractivity contribution >= 4 is 29.8 Å². The maximum absolute atomic E-state index is 14.7. The second-order valence-corrected chi connectivity index (χ2v) is 18.5. The maximum Gasteiger partial charge on any atom is 0.425 e. The molecule has 0 aliphatic rings. The van der Waals surface area contributed by atoms with Gasteiger partial charge in [0.2, 0.25) is 0 Å². The van der Waals surface area contributed by atoms with Gasteiger partial charge in [0.05, 0.1) is 27.8 Å². The van der Waals surface area contributed by atoms with E-state index in [-0.39, 0.29) is 63.9 Å². The Morgan fingerprint density at radius 1 is 0.303 bits per heavy atom. The van der Waals surface area contributed by atoms with E-state index in [1.165, 1.54) is 0 Å². The highest BCUT2D eigenvalue weighted by molar-refractivity contribution is 6.19. The van der Waals surface area contributed by atoms with Gasteiger partial charge < -0.3 is 23.7 Å². The first kappa shape index (κ1) is 69.5. The maximum atomic E-state index is 14.7. The van der Waals surface area contributed by atoms with Crippen LogP contribution in [0.15, 0.2) is 6.07 Å². The lowest BCUT2D eigenvalue weighted by atomic mass is 9.90. The Bertz CT molecular complexity index is 1820. The van der Waals surface area contributed by atoms with Crippen LogP contribution in [-0.4, -0.2) is 91.2 Å². The normalized spacial score (nSPS) is 14.6. The van der Waals surface area contributed by atoms with Crippen molar-refractivity contribution in [1.82, 2.24) is 0 Å². The van der Waals surface area contributed by atoms with Crippen molar-refractivity contribution in [2.45, 2.75) is 257 Å². The summed E-state index contributed by atoms with van der Waals surface area (Å²) in [5.74, 6) is -13.2. The van der Waals surface area contributed by atoms with Gasteiger partial charge in [-0.25, -0.2) is 24.0 Å². The first-order valence-corrected chi connectivity index (χ1v) is 25.9. The van der Waals surface area contributed by atoms with Crippen molar-refractivity contribution in [3.05, 3.63) is 33.9 Å². The zero-order chi connectivity index (χ0) is 58.1. The highest BCUT2D eigenvalue weighted by atomic mass is 19.4. The molecule has 440 valence electrons. The van der Waals surface area contributed by atoms with Crippen LogP contribution in [0.3, 0.4) is 0 Å². The molecular formula is C51H71F15O10. The highest BCUT2D eigenvalue weighted by Gasteiger charge is 2.51. The van der Waals surface area contributed by atoms with Crippen molar-refractivity contribution in [3.63, 3.8) is 0 Å². The summed E-state index contributed by atoms with van der Waals surface area (Å²) in [6.07, 6.45) is -47.5. The number of carbonyl (C=O) groups is 5. The average molecular weight is 1130 g/mol. The Kier molecular flexibility index (Phi) is 30.3. The lowest BCUT2D eigenvalue weighted by molar-refractivity contribution is -0.207. The molecule has 5 atom stereocenters. The number of carbonyl (C=O) groups excluding carboxylic acids is 5. The topological polar surface area (TPSA) is 132 Å². The molecule has 0 fully saturated rings. The summed E-state index contributed by atoms with van der Waals surface area (Å²) in [4.78, 5) is 71.9. The van der Waals surface area contributed by atoms with E-state index in [0.29, 0.717) is 64.2 Å². The molecule has 0 aliphatic carbocycles. The van der Waals surface area contributed by atoms with Crippen LogP contribution in [0.4, 0.5) is 65.9 Å². The smallest absolute Gasteiger partial charge is 0.425 e. The Morgan fingerprint density at radius 2 is 0.487 bits per heavy atom. The lowest BCUT2D eigenvalue weighted by Gasteiger charge is -2.27. The van der Waals surface area contributed by atoms with Crippen LogP contribution in [0, 0.1) is 0 Å². The van der Waals surface area contributed by atoms with Crippen LogP contribution in [0.5, 0.6) is 0 Å². The molecule has 76 heavy (non-hydrogen) atoms. The standard InChI is InChI=1S/C51H71F15O10/c1-6-11-16-21-26-34(47(52,53)54)72-42(67)32-31-33(43(68)73-35(48(55,56)57)27-22-17-12-7-2)40(45(70)75-37(50(61,62)63)29-24-19-14-9-4)41(46(71)76-38(51(64,65)66)30-25-20-15-10-5)39(32)44(69)74-36(49(58,59)60)28-23-18-13-8-3/h31,34-38H,6-30H2,1-5H3/t34-,35-,36-,37-,38-/m1/s1. The van der Waals surface area contributed by atoms with Gasteiger partial charge in [-0.2, -0.15) is 65.9 Å². The van der Waals surface area contributed by atoms with Crippen molar-refractivity contribution in [1.29, 1.82) is 0 Å². The summed E-state index contributed by atoms with van der Waals surface area (Å²) < 4.78 is 243. The number of halogens is 15. The molecule has 0 aliphatic heterocycles. The van der Waals surface area contributed by atoms with Gasteiger partial charge in [0.1, 0.15) is 0 Å². The number of rotatable bonds is 35. The number of unbranched alkanes of at least 4 members (excludes halogenated alkanes) is 15. The number of benzene rings is 1. The largest absolute Gasteiger partial charge is 0.449 e. The van der Waals surface area contributed by atoms with E-state index in [0.717, 1.165) is 0 Å². The van der Waals surface area contributed by atoms with Gasteiger partial charge in [0.25, 0.3) is 0 Å². The molecule has 1 rings (SSSR count). The summed E-state index contributed by atoms with van der Waals surface area (Å²) >= 11 is 0. The van der Waals surface area contributed by atoms with Crippen molar-refractivity contribution in [3.8, 4) is 0 Å². The van der Waals surface area contributed by atoms with Crippen molar-refractivity contribution in [2.24, 2.45) is 0 Å². The first-order chi connectivity index (χ1) is 35.3. The van der Waals surface area contributed by atoms with Crippen LogP contribution >= 0.6 is 0 Å². The Morgan fingerprint density at radius 3 is 0.671 bits per heavy atom. The van der Waals surface area contributed by atoms with Crippen LogP contribution in [0.25, 0.3) is 0 Å². The number of esters is 5. The van der Waals surface area contributed by atoms with E-state index in [1.54, 1.807) is 34.6 Å². The Labute approximate surface area is 433 Å². The third-order valence-corrected chi connectivity index (χ3v) is 12.1. The van der Waals surface area contributed by atoms with Gasteiger partial charge in [-0.05, 0) is 70.3 Å². The second-order valence-electron chi connectivity index (χ2n) is 18.5. The minimum atomic E-state index is -5.63. The van der Waals surface area contributed by atoms with E-state index >= 15 is 0 Å². The first-order valence-electron chi connectivity index (χ1n) is 25.9. The summed E-state index contributed by atoms with van der Waals surface area (Å²) in [6, 6.07) is -0.274. The minimum Gasteiger partial charge on any atom is -0.449 e. The summed E-state index contributed by atoms with van der Waals surface area (Å²) in [5.41, 5.74) is -10.8. The van der Waals surface area contributed by atoms with E-state index in [2.05, 4.69) is 18.9 Å². The molecule has 0 saturated heterocycles. The van der Waals surface area contributed by atoms with Gasteiger partial charge in [-0.3, -0.25) is 0 Å². The highest BCUT2D eigenvalue weighted by Crippen LogP contribution is 2.38. The third-order valence-electron chi connectivity index (χ3n) is 12.1. The van der Waals surface area contributed by atoms with Gasteiger partial charge in [-0.15, -0.1) is 0 Å². The molecule has 1 aromatic rings. The van der Waals surface area contributed by atoms with Crippen LogP contribution in [0.1, 0.15) is 247 Å². The molecule has 0 aromatic heterocycles. The SMILES string of the molecule is CCCCCC[C@@H](OC(=O)c1cc(C(=O)O[C@H](CCCCCC)C(F)(F)F)c(C(=O)O[C@H](CCCCCC)C(F)(F)F)c(C(=O)O[C@H](CCCCCC)C(F)(F)F)c1C(=O)O[C@H](CCCCCC)C(F)(F)F)C(F)(F)F. The van der Waals surface area contributed by atoms with Crippen LogP contribution in [-0.2, 0) is 23.7 Å². The molecule has 0 amide bonds. The molecule has 0 unspecified atom stereocenters. The molecule has 0 bridgehead atoms. The molecule has 25 heteroatoms. The van der Waals surface area contributed by atoms with Crippen molar-refractivity contribution in [2.75, 3.05) is 0 Å². The van der Waals surface area contributed by atoms with Gasteiger partial charge >= 0.3 is 60.7 Å². The molecule has 10 nitrogen and oxygen atoms in total. The average Bonchev–Trinajstić information content (AvgIpc) is 3.31. The van der Waals surface area contributed by atoms with E-state index < -0.39 is 158 Å². The fourth-order valence-electron chi connectivity index (χ4n) is 7.81. The fraction of sp³-hybridized carbons (Fsp3) is 0.784. The summed E-state index contributed by atoms with van der Waals surface area (Å²) in [7, 11) is 0. The molecule has 0 radical (unpaired) electrons. The molecule has 0 heterocycles. The summed E-state index contributed by atoms with van der Waals surface area (Å²) in [5, 5.41) is 0. The van der Waals surface area contributed by atoms with Gasteiger partial charge in [-0.1, -0.05) is 131 Å². The zero-order valence-corrected chi connectivity index (χ0v) is 43.4. The van der Waals surface area contributed by atoms with Crippen LogP contribution in [0.2, 0.25) is 0 Å². The predicted octanol–water partition coefficient (Wildman–Crippen LogP) is 17.0. The van der Waals surface area contributed by atoms with Crippen molar-refractivity contribution < 1.29 is 114 Å². The van der Waals surface area contributed by atoms with E-state index in [4.69, 9.17) is 4.74 Å². The second kappa shape index (κ2) is 33.1. The third kappa shape index (κ3) is 24.5. The predicted molar refractivity (Wildman–Crippen MR) is 247 cm³/mol. The summed E-state index contributed by atoms with van der Waals surface area (Å²) in [6.45, 7) is 8.32. The minimum absolute atomic E-state index is 0.0267. The molecular weight excluding hydrogens is 1060 g/mol.